The number of aldehydes is 1. The Balaban J connectivity index is 2.25. The SMILES string of the molecule is CCC[SiH2]C1=CC=[O+]OO1. The van der Waals surface area contributed by atoms with Gasteiger partial charge in [0.2, 0.25) is 0 Å². The van der Waals surface area contributed by atoms with Crippen LogP contribution in [0, 0.1) is 0 Å². The molecular formula is C6H11O3Si+. The molecule has 0 saturated heterocycles. The first-order chi connectivity index (χ1) is 4.93. The van der Waals surface area contributed by atoms with Gasteiger partial charge in [0.25, 0.3) is 0 Å². The van der Waals surface area contributed by atoms with Crippen LogP contribution in [0.5, 0.6) is 0 Å². The van der Waals surface area contributed by atoms with Gasteiger partial charge < -0.3 is 0 Å². The van der Waals surface area contributed by atoms with Crippen LogP contribution in [-0.4, -0.2) is 15.8 Å². The van der Waals surface area contributed by atoms with E-state index in [2.05, 4.69) is 16.5 Å². The molecule has 1 aliphatic heterocycles. The quantitative estimate of drug-likeness (QED) is 0.259. The maximum Gasteiger partial charge on any atom is 0.406 e. The molecule has 0 aromatic heterocycles. The van der Waals surface area contributed by atoms with E-state index in [-0.39, 0.29) is 9.52 Å². The van der Waals surface area contributed by atoms with Crippen LogP contribution in [0.15, 0.2) is 11.5 Å². The minimum absolute atomic E-state index is 0.232. The summed E-state index contributed by atoms with van der Waals surface area (Å²) in [6, 6.07) is 1.25. The highest BCUT2D eigenvalue weighted by Crippen LogP contribution is 2.01. The Morgan fingerprint density at radius 3 is 3.20 bits per heavy atom. The fourth-order valence-corrected chi connectivity index (χ4v) is 1.79. The number of rotatable bonds is 3. The second-order valence-electron chi connectivity index (χ2n) is 2.12. The summed E-state index contributed by atoms with van der Waals surface area (Å²) in [5.41, 5.74) is 0. The van der Waals surface area contributed by atoms with E-state index in [0.29, 0.717) is 0 Å². The van der Waals surface area contributed by atoms with Crippen molar-refractivity contribution in [3.8, 4) is 0 Å². The van der Waals surface area contributed by atoms with Crippen LogP contribution in [0.2, 0.25) is 6.04 Å². The average Bonchev–Trinajstić information content (AvgIpc) is 2.03. The lowest BCUT2D eigenvalue weighted by molar-refractivity contribution is -0.843. The van der Waals surface area contributed by atoms with Gasteiger partial charge >= 0.3 is 6.29 Å². The van der Waals surface area contributed by atoms with Gasteiger partial charge in [0, 0.05) is 0 Å². The molecule has 0 aromatic rings. The van der Waals surface area contributed by atoms with Gasteiger partial charge in [-0.1, -0.05) is 19.4 Å². The molecule has 0 atom stereocenters. The number of allylic oxidation sites excluding steroid dienone is 1. The maximum absolute atomic E-state index is 4.75. The van der Waals surface area contributed by atoms with E-state index in [1.807, 2.05) is 6.08 Å². The molecule has 0 aromatic carbocycles. The fraction of sp³-hybridized carbons (Fsp3) is 0.500. The van der Waals surface area contributed by atoms with E-state index in [1.165, 1.54) is 18.8 Å². The lowest BCUT2D eigenvalue weighted by Gasteiger charge is -1.97. The van der Waals surface area contributed by atoms with E-state index >= 15 is 0 Å². The summed E-state index contributed by atoms with van der Waals surface area (Å²) < 4.78 is 4.38. The zero-order chi connectivity index (χ0) is 7.23. The standard InChI is InChI=1S/C6H11O3Si/c1-2-5-10-6-3-4-7-9-8-6/h3-4H,2,5,10H2,1H3/q+1. The van der Waals surface area contributed by atoms with Crippen molar-refractivity contribution in [1.29, 1.82) is 0 Å². The van der Waals surface area contributed by atoms with E-state index < -0.39 is 0 Å². The molecule has 1 aliphatic rings. The molecule has 0 bridgehead atoms. The van der Waals surface area contributed by atoms with Crippen LogP contribution in [0.3, 0.4) is 0 Å². The molecule has 10 heavy (non-hydrogen) atoms. The molecule has 0 radical (unpaired) electrons. The van der Waals surface area contributed by atoms with E-state index in [1.54, 1.807) is 0 Å². The topological polar surface area (TPSA) is 29.8 Å². The van der Waals surface area contributed by atoms with E-state index in [9.17, 15) is 0 Å². The molecule has 1 heterocycles. The Hall–Kier alpha value is -0.773. The summed E-state index contributed by atoms with van der Waals surface area (Å²) in [6.07, 6.45) is 4.54. The highest BCUT2D eigenvalue weighted by Gasteiger charge is 2.09. The van der Waals surface area contributed by atoms with E-state index in [0.717, 1.165) is 5.38 Å². The van der Waals surface area contributed by atoms with Gasteiger partial charge in [-0.05, 0) is 0 Å². The Kier molecular flexibility index (Phi) is 3.01. The minimum Gasteiger partial charge on any atom is -0.222 e. The third kappa shape index (κ3) is 2.22. The van der Waals surface area contributed by atoms with Crippen LogP contribution in [-0.2, 0) is 14.5 Å². The highest BCUT2D eigenvalue weighted by atomic mass is 28.2. The summed E-state index contributed by atoms with van der Waals surface area (Å²) in [5.74, 6) is 0. The minimum atomic E-state index is -0.232. The molecule has 3 nitrogen and oxygen atoms in total. The average molecular weight is 159 g/mol. The first kappa shape index (κ1) is 7.34. The van der Waals surface area contributed by atoms with Crippen molar-refractivity contribution in [2.45, 2.75) is 19.4 Å². The molecule has 0 N–H and O–H groups in total. The van der Waals surface area contributed by atoms with Gasteiger partial charge in [0.1, 0.15) is 19.9 Å². The van der Waals surface area contributed by atoms with Crippen LogP contribution in [0.1, 0.15) is 13.3 Å². The monoisotopic (exact) mass is 159 g/mol. The molecule has 0 amide bonds. The van der Waals surface area contributed by atoms with Gasteiger partial charge in [0.05, 0.1) is 10.7 Å². The second kappa shape index (κ2) is 4.11. The van der Waals surface area contributed by atoms with Crippen LogP contribution in [0.4, 0.5) is 0 Å². The van der Waals surface area contributed by atoms with Gasteiger partial charge in [-0.2, -0.15) is 0 Å². The number of carbonyl (C=O) groups excluding carboxylic acids is 1. The van der Waals surface area contributed by atoms with Crippen molar-refractivity contribution in [3.63, 3.8) is 0 Å². The van der Waals surface area contributed by atoms with Gasteiger partial charge in [0.15, 0.2) is 0 Å². The van der Waals surface area contributed by atoms with Crippen molar-refractivity contribution >= 4 is 15.8 Å². The fourth-order valence-electron chi connectivity index (χ4n) is 0.693. The summed E-state index contributed by atoms with van der Waals surface area (Å²) >= 11 is 0. The van der Waals surface area contributed by atoms with Crippen molar-refractivity contribution in [2.75, 3.05) is 0 Å². The Morgan fingerprint density at radius 1 is 1.70 bits per heavy atom. The third-order valence-electron chi connectivity index (χ3n) is 1.27. The molecule has 0 saturated carbocycles. The molecule has 0 unspecified atom stereocenters. The number of hydrogen-bond donors (Lipinski definition) is 0. The summed E-state index contributed by atoms with van der Waals surface area (Å²) in [6.45, 7) is 2.16. The Morgan fingerprint density at radius 2 is 2.60 bits per heavy atom. The first-order valence-electron chi connectivity index (χ1n) is 3.46. The second-order valence-corrected chi connectivity index (χ2v) is 4.02. The smallest absolute Gasteiger partial charge is 0.222 e. The van der Waals surface area contributed by atoms with E-state index in [4.69, 9.17) is 4.89 Å². The molecule has 0 fully saturated rings. The van der Waals surface area contributed by atoms with Crippen LogP contribution in [0.25, 0.3) is 0 Å². The van der Waals surface area contributed by atoms with Crippen LogP contribution < -0.4 is 0 Å². The van der Waals surface area contributed by atoms with Crippen molar-refractivity contribution in [1.82, 2.24) is 0 Å². The largest absolute Gasteiger partial charge is 0.406 e. The third-order valence-corrected chi connectivity index (χ3v) is 3.17. The van der Waals surface area contributed by atoms with Gasteiger partial charge in [-0.3, -0.25) is 0 Å². The summed E-state index contributed by atoms with van der Waals surface area (Å²) in [4.78, 5) is 4.75. The lowest BCUT2D eigenvalue weighted by atomic mass is 10.6. The first-order valence-corrected chi connectivity index (χ1v) is 5.16. The predicted octanol–water partition coefficient (Wildman–Crippen LogP) is 0.436. The zero-order valence-corrected chi connectivity index (χ0v) is 7.41. The van der Waals surface area contributed by atoms with Crippen LogP contribution >= 0.6 is 0 Å². The van der Waals surface area contributed by atoms with Gasteiger partial charge in [-0.15, -0.1) is 0 Å². The molecule has 1 rings (SSSR count). The zero-order valence-electron chi connectivity index (χ0n) is 6.00. The highest BCUT2D eigenvalue weighted by molar-refractivity contribution is 6.44. The number of hydrogen-bond acceptors (Lipinski definition) is 2. The summed E-state index contributed by atoms with van der Waals surface area (Å²) in [7, 11) is -0.232. The van der Waals surface area contributed by atoms with Crippen molar-refractivity contribution in [3.05, 3.63) is 11.5 Å². The molecule has 4 heteroatoms. The molecule has 0 aliphatic carbocycles. The Labute approximate surface area is 62.0 Å². The van der Waals surface area contributed by atoms with Gasteiger partial charge in [-0.25, -0.2) is 4.89 Å². The molecule has 0 spiro atoms. The van der Waals surface area contributed by atoms with Crippen molar-refractivity contribution < 1.29 is 14.5 Å². The maximum atomic E-state index is 4.75. The summed E-state index contributed by atoms with van der Waals surface area (Å²) in [5, 5.41) is 5.26. The lowest BCUT2D eigenvalue weighted by Crippen LogP contribution is -2.05. The predicted molar refractivity (Wildman–Crippen MR) is 40.0 cm³/mol. The molecular weight excluding hydrogens is 148 g/mol. The molecule has 56 valence electrons. The normalized spacial score (nSPS) is 16.7. The Bertz CT molecular complexity index is 153. The van der Waals surface area contributed by atoms with Crippen molar-refractivity contribution in [2.24, 2.45) is 0 Å².